The van der Waals surface area contributed by atoms with Crippen molar-refractivity contribution in [1.82, 2.24) is 19.7 Å². The molecule has 0 spiro atoms. The normalized spacial score (nSPS) is 13.8. The van der Waals surface area contributed by atoms with Gasteiger partial charge in [0, 0.05) is 29.6 Å². The second-order valence-electron chi connectivity index (χ2n) is 9.55. The molecule has 0 amide bonds. The summed E-state index contributed by atoms with van der Waals surface area (Å²) in [5, 5.41) is 10.2. The first-order valence-electron chi connectivity index (χ1n) is 13.0. The second-order valence-corrected chi connectivity index (χ2v) is 10.6. The van der Waals surface area contributed by atoms with Crippen LogP contribution in [-0.4, -0.2) is 32.8 Å². The second kappa shape index (κ2) is 9.50. The Bertz CT molecular complexity index is 1810. The van der Waals surface area contributed by atoms with Crippen LogP contribution in [-0.2, 0) is 0 Å². The monoisotopic (exact) mass is 515 g/mol. The van der Waals surface area contributed by atoms with E-state index in [1.807, 2.05) is 78.9 Å². The maximum Gasteiger partial charge on any atom is 0.277 e. The molecule has 1 aliphatic rings. The van der Waals surface area contributed by atoms with E-state index < -0.39 is 0 Å². The van der Waals surface area contributed by atoms with Crippen LogP contribution in [0.2, 0.25) is 0 Å². The zero-order chi connectivity index (χ0) is 25.5. The van der Waals surface area contributed by atoms with Crippen molar-refractivity contribution in [3.8, 4) is 28.1 Å². The molecule has 0 unspecified atom stereocenters. The summed E-state index contributed by atoms with van der Waals surface area (Å²) in [6.45, 7) is 1.76. The summed E-state index contributed by atoms with van der Waals surface area (Å²) in [5.74, 6) is 0.699. The lowest BCUT2D eigenvalue weighted by Gasteiger charge is -2.29. The van der Waals surface area contributed by atoms with Crippen LogP contribution < -0.4 is 10.5 Å². The van der Waals surface area contributed by atoms with Crippen LogP contribution in [0.3, 0.4) is 0 Å². The average Bonchev–Trinajstić information content (AvgIpc) is 3.37. The molecule has 0 saturated carbocycles. The molecule has 6 nitrogen and oxygen atoms in total. The van der Waals surface area contributed by atoms with Gasteiger partial charge in [-0.3, -0.25) is 4.79 Å². The summed E-state index contributed by atoms with van der Waals surface area (Å²) >= 11 is 1.38. The molecule has 0 aliphatic carbocycles. The van der Waals surface area contributed by atoms with Crippen LogP contribution >= 0.6 is 11.3 Å². The number of hydrogen-bond acceptors (Lipinski definition) is 6. The van der Waals surface area contributed by atoms with Crippen molar-refractivity contribution in [2.75, 3.05) is 18.0 Å². The number of anilines is 1. The molecule has 0 radical (unpaired) electrons. The summed E-state index contributed by atoms with van der Waals surface area (Å²) in [4.78, 5) is 22.5. The highest BCUT2D eigenvalue weighted by molar-refractivity contribution is 7.25. The molecule has 1 aliphatic heterocycles. The number of hydrogen-bond donors (Lipinski definition) is 0. The molecule has 38 heavy (non-hydrogen) atoms. The number of fused-ring (bicyclic) bond motifs is 3. The third-order valence-corrected chi connectivity index (χ3v) is 8.22. The predicted molar refractivity (Wildman–Crippen MR) is 155 cm³/mol. The van der Waals surface area contributed by atoms with Crippen molar-refractivity contribution in [2.24, 2.45) is 0 Å². The largest absolute Gasteiger partial charge is 0.342 e. The van der Waals surface area contributed by atoms with Crippen LogP contribution in [0.4, 0.5) is 5.95 Å². The minimum absolute atomic E-state index is 0.0648. The Morgan fingerprint density at radius 2 is 1.34 bits per heavy atom. The average molecular weight is 516 g/mol. The highest BCUT2D eigenvalue weighted by Crippen LogP contribution is 2.42. The number of piperidine rings is 1. The fourth-order valence-electron chi connectivity index (χ4n) is 5.36. The van der Waals surface area contributed by atoms with E-state index in [9.17, 15) is 4.79 Å². The van der Waals surface area contributed by atoms with E-state index in [1.54, 1.807) is 4.57 Å². The van der Waals surface area contributed by atoms with Crippen LogP contribution in [0.25, 0.3) is 48.5 Å². The lowest BCUT2D eigenvalue weighted by Crippen LogP contribution is -2.35. The molecule has 1 fully saturated rings. The molecule has 0 bridgehead atoms. The van der Waals surface area contributed by atoms with Gasteiger partial charge < -0.3 is 4.90 Å². The molecule has 7 heteroatoms. The molecular weight excluding hydrogens is 490 g/mol. The van der Waals surface area contributed by atoms with E-state index in [1.165, 1.54) is 17.8 Å². The van der Waals surface area contributed by atoms with E-state index in [0.717, 1.165) is 64.2 Å². The van der Waals surface area contributed by atoms with Gasteiger partial charge in [-0.2, -0.15) is 0 Å². The van der Waals surface area contributed by atoms with Crippen LogP contribution in [0.5, 0.6) is 0 Å². The lowest BCUT2D eigenvalue weighted by atomic mass is 9.97. The van der Waals surface area contributed by atoms with Gasteiger partial charge in [-0.25, -0.2) is 9.55 Å². The number of thiophene rings is 1. The van der Waals surface area contributed by atoms with Gasteiger partial charge in [-0.05, 0) is 37.0 Å². The third kappa shape index (κ3) is 3.78. The smallest absolute Gasteiger partial charge is 0.277 e. The van der Waals surface area contributed by atoms with Gasteiger partial charge in [0.05, 0.1) is 5.69 Å². The number of benzene rings is 3. The highest BCUT2D eigenvalue weighted by atomic mass is 32.1. The minimum Gasteiger partial charge on any atom is -0.342 e. The van der Waals surface area contributed by atoms with Crippen molar-refractivity contribution in [1.29, 1.82) is 0 Å². The Labute approximate surface area is 223 Å². The van der Waals surface area contributed by atoms with Gasteiger partial charge in [0.1, 0.15) is 20.7 Å². The zero-order valence-electron chi connectivity index (χ0n) is 20.7. The Morgan fingerprint density at radius 1 is 0.711 bits per heavy atom. The minimum atomic E-state index is -0.0648. The van der Waals surface area contributed by atoms with E-state index in [4.69, 9.17) is 4.98 Å². The summed E-state index contributed by atoms with van der Waals surface area (Å²) < 4.78 is 2.37. The molecule has 1 saturated heterocycles. The topological polar surface area (TPSA) is 63.9 Å². The molecular formula is C31H25N5OS. The quantitative estimate of drug-likeness (QED) is 0.261. The maximum atomic E-state index is 14.2. The summed E-state index contributed by atoms with van der Waals surface area (Å²) in [6.07, 6.45) is 3.38. The molecule has 0 atom stereocenters. The number of nitrogens with zero attached hydrogens (tertiary/aromatic N) is 5. The standard InChI is InChI=1S/C31H25N5OS/c37-30-28-27(32-31(35-19-11-4-12-20-35)36(30)23-17-9-3-10-18-23)25-24(21-13-5-1-6-14-21)26(33-34-29(25)38-28)22-15-7-2-8-16-22/h1-3,5-10,13-18H,4,11-12,19-20H2. The van der Waals surface area contributed by atoms with E-state index in [-0.39, 0.29) is 5.56 Å². The molecule has 4 heterocycles. The fraction of sp³-hybridized carbons (Fsp3) is 0.161. The summed E-state index contributed by atoms with van der Waals surface area (Å²) in [7, 11) is 0. The molecule has 186 valence electrons. The Kier molecular flexibility index (Phi) is 5.70. The van der Waals surface area contributed by atoms with Crippen LogP contribution in [0, 0.1) is 0 Å². The first-order valence-corrected chi connectivity index (χ1v) is 13.8. The SMILES string of the molecule is O=c1c2sc3nnc(-c4ccccc4)c(-c4ccccc4)c3c2nc(N2CCCCC2)n1-c1ccccc1. The predicted octanol–water partition coefficient (Wildman–Crippen LogP) is 6.71. The zero-order valence-corrected chi connectivity index (χ0v) is 21.6. The van der Waals surface area contributed by atoms with E-state index in [2.05, 4.69) is 27.2 Å². The molecule has 3 aromatic carbocycles. The Balaban J connectivity index is 1.60. The van der Waals surface area contributed by atoms with Crippen LogP contribution in [0.15, 0.2) is 95.8 Å². The molecule has 3 aromatic heterocycles. The molecule has 0 N–H and O–H groups in total. The lowest BCUT2D eigenvalue weighted by molar-refractivity contribution is 0.563. The van der Waals surface area contributed by atoms with Crippen molar-refractivity contribution in [2.45, 2.75) is 19.3 Å². The van der Waals surface area contributed by atoms with Crippen LogP contribution in [0.1, 0.15) is 19.3 Å². The Hall–Kier alpha value is -4.36. The maximum absolute atomic E-state index is 14.2. The van der Waals surface area contributed by atoms with Gasteiger partial charge >= 0.3 is 0 Å². The van der Waals surface area contributed by atoms with Crippen molar-refractivity contribution in [3.05, 3.63) is 101 Å². The number of rotatable bonds is 4. The van der Waals surface area contributed by atoms with Crippen molar-refractivity contribution < 1.29 is 0 Å². The fourth-order valence-corrected chi connectivity index (χ4v) is 6.36. The van der Waals surface area contributed by atoms with Gasteiger partial charge in [0.15, 0.2) is 0 Å². The molecule has 6 aromatic rings. The first-order chi connectivity index (χ1) is 18.8. The third-order valence-electron chi connectivity index (χ3n) is 7.16. The van der Waals surface area contributed by atoms with Crippen molar-refractivity contribution in [3.63, 3.8) is 0 Å². The molecule has 7 rings (SSSR count). The summed E-state index contributed by atoms with van der Waals surface area (Å²) in [5.41, 5.74) is 5.22. The van der Waals surface area contributed by atoms with E-state index >= 15 is 0 Å². The first kappa shape index (κ1) is 22.8. The van der Waals surface area contributed by atoms with Gasteiger partial charge in [0.2, 0.25) is 5.95 Å². The Morgan fingerprint density at radius 3 is 2.03 bits per heavy atom. The van der Waals surface area contributed by atoms with Gasteiger partial charge in [0.25, 0.3) is 5.56 Å². The van der Waals surface area contributed by atoms with Gasteiger partial charge in [-0.1, -0.05) is 78.9 Å². The summed E-state index contributed by atoms with van der Waals surface area (Å²) in [6, 6.07) is 30.2. The van der Waals surface area contributed by atoms with E-state index in [0.29, 0.717) is 16.2 Å². The number of para-hydroxylation sites is 1. The van der Waals surface area contributed by atoms with Crippen molar-refractivity contribution >= 4 is 37.7 Å². The van der Waals surface area contributed by atoms with Gasteiger partial charge in [-0.15, -0.1) is 21.5 Å². The number of aromatic nitrogens is 4. The highest BCUT2D eigenvalue weighted by Gasteiger charge is 2.26.